The highest BCUT2D eigenvalue weighted by Gasteiger charge is 2.44. The van der Waals surface area contributed by atoms with Gasteiger partial charge in [0.2, 0.25) is 0 Å². The third kappa shape index (κ3) is 4.44. The van der Waals surface area contributed by atoms with Gasteiger partial charge in [-0.3, -0.25) is 4.90 Å². The maximum atomic E-state index is 11.8. The number of likely N-dealkylation sites (tertiary alicyclic amines) is 1. The number of hydrogen-bond acceptors (Lipinski definition) is 4. The maximum absolute atomic E-state index is 11.8. The topological polar surface area (TPSA) is 61.8 Å². The van der Waals surface area contributed by atoms with Gasteiger partial charge in [0.1, 0.15) is 5.60 Å². The molecule has 1 aromatic rings. The molecule has 0 unspecified atom stereocenters. The molecule has 1 aliphatic heterocycles. The molecule has 1 aromatic carbocycles. The second kappa shape index (κ2) is 6.03. The minimum atomic E-state index is -0.586. The molecule has 1 amide bonds. The van der Waals surface area contributed by atoms with Crippen molar-refractivity contribution in [3.8, 4) is 0 Å². The SMILES string of the molecule is CC(C)(C)OC(=O)NC1(CO)CN(Cc2ccccc2)C1. The Morgan fingerprint density at radius 1 is 1.33 bits per heavy atom. The van der Waals surface area contributed by atoms with Crippen LogP contribution in [-0.2, 0) is 11.3 Å². The Balaban J connectivity index is 1.84. The molecule has 116 valence electrons. The first-order chi connectivity index (χ1) is 9.82. The molecular weight excluding hydrogens is 268 g/mol. The van der Waals surface area contributed by atoms with Crippen LogP contribution >= 0.6 is 0 Å². The number of ether oxygens (including phenoxy) is 1. The molecule has 0 aliphatic carbocycles. The molecule has 1 aliphatic rings. The van der Waals surface area contributed by atoms with Gasteiger partial charge in [0.15, 0.2) is 0 Å². The number of hydrogen-bond donors (Lipinski definition) is 2. The van der Waals surface area contributed by atoms with Crippen LogP contribution in [0.5, 0.6) is 0 Å². The van der Waals surface area contributed by atoms with Crippen LogP contribution in [-0.4, -0.2) is 46.9 Å². The lowest BCUT2D eigenvalue weighted by Gasteiger charge is -2.49. The van der Waals surface area contributed by atoms with E-state index in [9.17, 15) is 9.90 Å². The van der Waals surface area contributed by atoms with Crippen molar-refractivity contribution < 1.29 is 14.6 Å². The Bertz CT molecular complexity index is 476. The lowest BCUT2D eigenvalue weighted by Crippen LogP contribution is -2.72. The zero-order valence-corrected chi connectivity index (χ0v) is 12.9. The molecular formula is C16H24N2O3. The monoisotopic (exact) mass is 292 g/mol. The molecule has 2 N–H and O–H groups in total. The number of carbonyl (C=O) groups is 1. The van der Waals surface area contributed by atoms with Crippen molar-refractivity contribution in [1.82, 2.24) is 10.2 Å². The molecule has 21 heavy (non-hydrogen) atoms. The van der Waals surface area contributed by atoms with Crippen molar-refractivity contribution in [1.29, 1.82) is 0 Å². The zero-order chi connectivity index (χ0) is 15.5. The van der Waals surface area contributed by atoms with Crippen molar-refractivity contribution >= 4 is 6.09 Å². The minimum absolute atomic E-state index is 0.0858. The van der Waals surface area contributed by atoms with Crippen LogP contribution in [0.25, 0.3) is 0 Å². The number of aliphatic hydroxyl groups is 1. The van der Waals surface area contributed by atoms with Crippen molar-refractivity contribution in [3.63, 3.8) is 0 Å². The summed E-state index contributed by atoms with van der Waals surface area (Å²) in [4.78, 5) is 14.0. The Hall–Kier alpha value is -1.59. The summed E-state index contributed by atoms with van der Waals surface area (Å²) in [6.07, 6.45) is -0.476. The van der Waals surface area contributed by atoms with E-state index >= 15 is 0 Å². The van der Waals surface area contributed by atoms with Crippen LogP contribution in [0.4, 0.5) is 4.79 Å². The standard InChI is InChI=1S/C16H24N2O3/c1-15(2,3)21-14(20)17-16(12-19)10-18(11-16)9-13-7-5-4-6-8-13/h4-8,19H,9-12H2,1-3H3,(H,17,20). The molecule has 0 aromatic heterocycles. The fourth-order valence-electron chi connectivity index (χ4n) is 2.50. The number of amides is 1. The molecule has 0 bridgehead atoms. The average Bonchev–Trinajstić information content (AvgIpc) is 2.34. The molecule has 0 spiro atoms. The van der Waals surface area contributed by atoms with E-state index in [0.717, 1.165) is 6.54 Å². The highest BCUT2D eigenvalue weighted by atomic mass is 16.6. The summed E-state index contributed by atoms with van der Waals surface area (Å²) in [5, 5.41) is 12.4. The fraction of sp³-hybridized carbons (Fsp3) is 0.562. The van der Waals surface area contributed by atoms with Crippen LogP contribution in [0.15, 0.2) is 30.3 Å². The van der Waals surface area contributed by atoms with Crippen LogP contribution in [0.1, 0.15) is 26.3 Å². The van der Waals surface area contributed by atoms with Crippen LogP contribution in [0.3, 0.4) is 0 Å². The summed E-state index contributed by atoms with van der Waals surface area (Å²) < 4.78 is 5.24. The third-order valence-electron chi connectivity index (χ3n) is 3.37. The Morgan fingerprint density at radius 2 is 1.95 bits per heavy atom. The number of nitrogens with one attached hydrogen (secondary N) is 1. The highest BCUT2D eigenvalue weighted by molar-refractivity contribution is 5.69. The zero-order valence-electron chi connectivity index (χ0n) is 12.9. The molecule has 1 fully saturated rings. The van der Waals surface area contributed by atoms with Gasteiger partial charge in [-0.15, -0.1) is 0 Å². The summed E-state index contributed by atoms with van der Waals surface area (Å²) in [6.45, 7) is 7.44. The van der Waals surface area contributed by atoms with E-state index < -0.39 is 17.2 Å². The number of rotatable bonds is 4. The van der Waals surface area contributed by atoms with Gasteiger partial charge in [0.25, 0.3) is 0 Å². The molecule has 2 rings (SSSR count). The molecule has 1 saturated heterocycles. The molecule has 1 heterocycles. The number of carbonyl (C=O) groups excluding carboxylic acids is 1. The van der Waals surface area contributed by atoms with Crippen molar-refractivity contribution in [2.45, 2.75) is 38.5 Å². The molecule has 0 saturated carbocycles. The maximum Gasteiger partial charge on any atom is 0.408 e. The van der Waals surface area contributed by atoms with Gasteiger partial charge in [-0.05, 0) is 26.3 Å². The first-order valence-corrected chi connectivity index (χ1v) is 7.20. The van der Waals surface area contributed by atoms with E-state index in [2.05, 4.69) is 22.3 Å². The summed E-state index contributed by atoms with van der Waals surface area (Å²) in [6, 6.07) is 10.1. The van der Waals surface area contributed by atoms with Gasteiger partial charge in [-0.2, -0.15) is 0 Å². The normalized spacial score (nSPS) is 17.9. The summed E-state index contributed by atoms with van der Waals surface area (Å²) in [7, 11) is 0. The fourth-order valence-corrected chi connectivity index (χ4v) is 2.50. The lowest BCUT2D eigenvalue weighted by atomic mass is 9.90. The number of alkyl carbamates (subject to hydrolysis) is 1. The van der Waals surface area contributed by atoms with Gasteiger partial charge < -0.3 is 15.2 Å². The van der Waals surface area contributed by atoms with E-state index in [1.54, 1.807) is 0 Å². The van der Waals surface area contributed by atoms with E-state index in [-0.39, 0.29) is 6.61 Å². The molecule has 5 nitrogen and oxygen atoms in total. The predicted molar refractivity (Wildman–Crippen MR) is 80.9 cm³/mol. The predicted octanol–water partition coefficient (Wildman–Crippen LogP) is 1.76. The Morgan fingerprint density at radius 3 is 2.48 bits per heavy atom. The molecule has 5 heteroatoms. The van der Waals surface area contributed by atoms with Crippen molar-refractivity contribution in [2.75, 3.05) is 19.7 Å². The Kier molecular flexibility index (Phi) is 4.54. The van der Waals surface area contributed by atoms with Gasteiger partial charge in [0.05, 0.1) is 12.1 Å². The lowest BCUT2D eigenvalue weighted by molar-refractivity contribution is -0.0176. The van der Waals surface area contributed by atoms with Crippen LogP contribution < -0.4 is 5.32 Å². The first-order valence-electron chi connectivity index (χ1n) is 7.20. The smallest absolute Gasteiger partial charge is 0.408 e. The number of aliphatic hydroxyl groups excluding tert-OH is 1. The largest absolute Gasteiger partial charge is 0.444 e. The van der Waals surface area contributed by atoms with E-state index in [0.29, 0.717) is 13.1 Å². The molecule has 0 atom stereocenters. The number of nitrogens with zero attached hydrogens (tertiary/aromatic N) is 1. The quantitative estimate of drug-likeness (QED) is 0.887. The first kappa shape index (κ1) is 15.8. The highest BCUT2D eigenvalue weighted by Crippen LogP contribution is 2.23. The van der Waals surface area contributed by atoms with Gasteiger partial charge in [-0.25, -0.2) is 4.79 Å². The summed E-state index contributed by atoms with van der Waals surface area (Å²) in [5.41, 5.74) is 0.104. The van der Waals surface area contributed by atoms with Crippen LogP contribution in [0.2, 0.25) is 0 Å². The summed E-state index contributed by atoms with van der Waals surface area (Å²) in [5.74, 6) is 0. The van der Waals surface area contributed by atoms with Crippen LogP contribution in [0, 0.1) is 0 Å². The summed E-state index contributed by atoms with van der Waals surface area (Å²) >= 11 is 0. The van der Waals surface area contributed by atoms with Gasteiger partial charge in [-0.1, -0.05) is 30.3 Å². The third-order valence-corrected chi connectivity index (χ3v) is 3.37. The van der Waals surface area contributed by atoms with E-state index in [4.69, 9.17) is 4.74 Å². The van der Waals surface area contributed by atoms with E-state index in [1.165, 1.54) is 5.56 Å². The molecule has 0 radical (unpaired) electrons. The average molecular weight is 292 g/mol. The van der Waals surface area contributed by atoms with Crippen molar-refractivity contribution in [2.24, 2.45) is 0 Å². The van der Waals surface area contributed by atoms with Gasteiger partial charge >= 0.3 is 6.09 Å². The van der Waals surface area contributed by atoms with Gasteiger partial charge in [0, 0.05) is 19.6 Å². The number of benzene rings is 1. The minimum Gasteiger partial charge on any atom is -0.444 e. The second-order valence-corrected chi connectivity index (χ2v) is 6.70. The Labute approximate surface area is 125 Å². The van der Waals surface area contributed by atoms with E-state index in [1.807, 2.05) is 39.0 Å². The van der Waals surface area contributed by atoms with Crippen molar-refractivity contribution in [3.05, 3.63) is 35.9 Å². The second-order valence-electron chi connectivity index (χ2n) is 6.70.